The highest BCUT2D eigenvalue weighted by atomic mass is 35.5. The fraction of sp³-hybridized carbons (Fsp3) is 0.111. The van der Waals surface area contributed by atoms with Crippen molar-refractivity contribution in [2.24, 2.45) is 0 Å². The zero-order valence-electron chi connectivity index (χ0n) is 7.40. The zero-order valence-corrected chi connectivity index (χ0v) is 8.15. The molecule has 0 spiro atoms. The monoisotopic (exact) mass is 210 g/mol. The van der Waals surface area contributed by atoms with Gasteiger partial charge in [0.2, 0.25) is 5.82 Å². The van der Waals surface area contributed by atoms with Crippen LogP contribution in [0.5, 0.6) is 5.75 Å². The van der Waals surface area contributed by atoms with Crippen molar-refractivity contribution < 1.29 is 9.26 Å². The van der Waals surface area contributed by atoms with Crippen LogP contribution >= 0.6 is 11.6 Å². The number of nitrogens with zero attached hydrogens (tertiary/aromatic N) is 2. The van der Waals surface area contributed by atoms with E-state index in [2.05, 4.69) is 14.7 Å². The van der Waals surface area contributed by atoms with Gasteiger partial charge in [-0.2, -0.15) is 4.98 Å². The Kier molecular flexibility index (Phi) is 2.37. The summed E-state index contributed by atoms with van der Waals surface area (Å²) in [7, 11) is 1.58. The van der Waals surface area contributed by atoms with E-state index in [1.165, 1.54) is 0 Å². The summed E-state index contributed by atoms with van der Waals surface area (Å²) in [5.74, 6) is 1.11. The molecule has 72 valence electrons. The summed E-state index contributed by atoms with van der Waals surface area (Å²) in [6.07, 6.45) is 0. The van der Waals surface area contributed by atoms with Gasteiger partial charge in [0.05, 0.1) is 12.7 Å². The first kappa shape index (κ1) is 9.02. The van der Waals surface area contributed by atoms with Crippen LogP contribution < -0.4 is 4.74 Å². The van der Waals surface area contributed by atoms with E-state index in [4.69, 9.17) is 16.3 Å². The summed E-state index contributed by atoms with van der Waals surface area (Å²) >= 11 is 5.52. The first-order valence-electron chi connectivity index (χ1n) is 3.94. The summed E-state index contributed by atoms with van der Waals surface area (Å²) in [5, 5.41) is 3.72. The molecular formula is C9H7ClN2O2. The van der Waals surface area contributed by atoms with Crippen LogP contribution in [-0.2, 0) is 0 Å². The number of halogens is 1. The van der Waals surface area contributed by atoms with Crippen LogP contribution in [0.3, 0.4) is 0 Å². The number of aromatic nitrogens is 2. The maximum absolute atomic E-state index is 5.52. The maximum Gasteiger partial charge on any atom is 0.320 e. The van der Waals surface area contributed by atoms with E-state index >= 15 is 0 Å². The molecule has 0 aliphatic rings. The molecule has 0 aliphatic carbocycles. The molecule has 0 bridgehead atoms. The topological polar surface area (TPSA) is 48.2 Å². The number of hydrogen-bond acceptors (Lipinski definition) is 4. The van der Waals surface area contributed by atoms with E-state index in [1.807, 2.05) is 24.3 Å². The molecule has 1 heterocycles. The van der Waals surface area contributed by atoms with E-state index in [1.54, 1.807) is 7.11 Å². The second-order valence-electron chi connectivity index (χ2n) is 2.57. The van der Waals surface area contributed by atoms with Gasteiger partial charge in [0, 0.05) is 0 Å². The molecule has 2 rings (SSSR count). The second-order valence-corrected chi connectivity index (χ2v) is 2.89. The third kappa shape index (κ3) is 1.56. The van der Waals surface area contributed by atoms with Crippen LogP contribution in [0.1, 0.15) is 0 Å². The Labute approximate surface area is 85.5 Å². The highest BCUT2D eigenvalue weighted by molar-refractivity contribution is 6.27. The molecular weight excluding hydrogens is 204 g/mol. The highest BCUT2D eigenvalue weighted by Crippen LogP contribution is 2.27. The molecule has 0 N–H and O–H groups in total. The number of methoxy groups -OCH3 is 1. The Morgan fingerprint density at radius 3 is 2.79 bits per heavy atom. The molecule has 0 unspecified atom stereocenters. The number of benzene rings is 1. The van der Waals surface area contributed by atoms with Gasteiger partial charge in [-0.25, -0.2) is 0 Å². The molecule has 2 aromatic rings. The van der Waals surface area contributed by atoms with Crippen LogP contribution in [0.4, 0.5) is 0 Å². The molecule has 0 atom stereocenters. The number of rotatable bonds is 2. The van der Waals surface area contributed by atoms with Crippen molar-refractivity contribution in [1.29, 1.82) is 0 Å². The lowest BCUT2D eigenvalue weighted by molar-refractivity contribution is 0.411. The van der Waals surface area contributed by atoms with Crippen molar-refractivity contribution in [2.45, 2.75) is 0 Å². The largest absolute Gasteiger partial charge is 0.496 e. The molecule has 0 fully saturated rings. The van der Waals surface area contributed by atoms with Crippen LogP contribution in [-0.4, -0.2) is 17.3 Å². The lowest BCUT2D eigenvalue weighted by atomic mass is 10.2. The average molecular weight is 211 g/mol. The Bertz CT molecular complexity index is 442. The molecule has 14 heavy (non-hydrogen) atoms. The SMILES string of the molecule is COc1ccccc1-c1noc(Cl)n1. The van der Waals surface area contributed by atoms with Gasteiger partial charge in [0.15, 0.2) is 0 Å². The standard InChI is InChI=1S/C9H7ClN2O2/c1-13-7-5-3-2-4-6(7)8-11-9(10)14-12-8/h2-5H,1H3. The molecule has 5 heteroatoms. The van der Waals surface area contributed by atoms with E-state index in [9.17, 15) is 0 Å². The van der Waals surface area contributed by atoms with Gasteiger partial charge in [-0.05, 0) is 23.7 Å². The summed E-state index contributed by atoms with van der Waals surface area (Å²) < 4.78 is 9.81. The predicted octanol–water partition coefficient (Wildman–Crippen LogP) is 2.40. The smallest absolute Gasteiger partial charge is 0.320 e. The van der Waals surface area contributed by atoms with Gasteiger partial charge in [-0.3, -0.25) is 0 Å². The first-order valence-corrected chi connectivity index (χ1v) is 4.31. The van der Waals surface area contributed by atoms with Crippen molar-refractivity contribution in [2.75, 3.05) is 7.11 Å². The summed E-state index contributed by atoms with van der Waals surface area (Å²) in [4.78, 5) is 3.90. The molecule has 1 aromatic carbocycles. The number of hydrogen-bond donors (Lipinski definition) is 0. The second kappa shape index (κ2) is 3.67. The van der Waals surface area contributed by atoms with Crippen LogP contribution in [0, 0.1) is 0 Å². The Morgan fingerprint density at radius 1 is 1.36 bits per heavy atom. The minimum absolute atomic E-state index is 0.0194. The van der Waals surface area contributed by atoms with Crippen molar-refractivity contribution in [1.82, 2.24) is 10.1 Å². The Morgan fingerprint density at radius 2 is 2.14 bits per heavy atom. The Balaban J connectivity index is 2.50. The molecule has 0 radical (unpaired) electrons. The maximum atomic E-state index is 5.52. The van der Waals surface area contributed by atoms with E-state index in [0.29, 0.717) is 11.6 Å². The van der Waals surface area contributed by atoms with Crippen molar-refractivity contribution in [3.05, 3.63) is 29.6 Å². The fourth-order valence-corrected chi connectivity index (χ4v) is 1.26. The molecule has 0 aliphatic heterocycles. The van der Waals surface area contributed by atoms with Crippen LogP contribution in [0.25, 0.3) is 11.4 Å². The molecule has 1 aromatic heterocycles. The lowest BCUT2D eigenvalue weighted by Crippen LogP contribution is -1.88. The van der Waals surface area contributed by atoms with Gasteiger partial charge in [-0.15, -0.1) is 0 Å². The van der Waals surface area contributed by atoms with Gasteiger partial charge in [0.1, 0.15) is 5.75 Å². The summed E-state index contributed by atoms with van der Waals surface area (Å²) in [5.41, 5.74) is 0.755. The van der Waals surface area contributed by atoms with Crippen molar-refractivity contribution >= 4 is 11.6 Å². The molecule has 0 amide bonds. The number of para-hydroxylation sites is 1. The summed E-state index contributed by atoms with van der Waals surface area (Å²) in [6, 6.07) is 7.38. The van der Waals surface area contributed by atoms with Gasteiger partial charge >= 0.3 is 5.35 Å². The molecule has 0 saturated carbocycles. The van der Waals surface area contributed by atoms with Crippen LogP contribution in [0.15, 0.2) is 28.8 Å². The Hall–Kier alpha value is -1.55. The summed E-state index contributed by atoms with van der Waals surface area (Å²) in [6.45, 7) is 0. The average Bonchev–Trinajstić information content (AvgIpc) is 2.65. The van der Waals surface area contributed by atoms with E-state index in [-0.39, 0.29) is 5.35 Å². The normalized spacial score (nSPS) is 10.1. The minimum Gasteiger partial charge on any atom is -0.496 e. The van der Waals surface area contributed by atoms with E-state index < -0.39 is 0 Å². The van der Waals surface area contributed by atoms with Gasteiger partial charge in [-0.1, -0.05) is 17.3 Å². The van der Waals surface area contributed by atoms with Crippen LogP contribution in [0.2, 0.25) is 5.35 Å². The van der Waals surface area contributed by atoms with Crippen molar-refractivity contribution in [3.63, 3.8) is 0 Å². The number of ether oxygens (including phenoxy) is 1. The zero-order chi connectivity index (χ0) is 9.97. The third-order valence-corrected chi connectivity index (χ3v) is 1.90. The molecule has 0 saturated heterocycles. The third-order valence-electron chi connectivity index (χ3n) is 1.75. The highest BCUT2D eigenvalue weighted by Gasteiger charge is 2.10. The van der Waals surface area contributed by atoms with Gasteiger partial charge in [0.25, 0.3) is 0 Å². The van der Waals surface area contributed by atoms with Gasteiger partial charge < -0.3 is 9.26 Å². The molecule has 4 nitrogen and oxygen atoms in total. The lowest BCUT2D eigenvalue weighted by Gasteiger charge is -2.02. The quantitative estimate of drug-likeness (QED) is 0.764. The predicted molar refractivity (Wildman–Crippen MR) is 51.3 cm³/mol. The first-order chi connectivity index (χ1) is 6.81. The minimum atomic E-state index is 0.0194. The van der Waals surface area contributed by atoms with E-state index in [0.717, 1.165) is 5.56 Å². The fourth-order valence-electron chi connectivity index (χ4n) is 1.14. The van der Waals surface area contributed by atoms with Crippen molar-refractivity contribution in [3.8, 4) is 17.1 Å².